The second-order valence-electron chi connectivity index (χ2n) is 16.4. The summed E-state index contributed by atoms with van der Waals surface area (Å²) in [6, 6.07) is 10.1. The summed E-state index contributed by atoms with van der Waals surface area (Å²) in [5.41, 5.74) is 11.0. The molecule has 0 aliphatic carbocycles. The molecule has 0 radical (unpaired) electrons. The number of carbonyl (C=O) groups is 5. The second kappa shape index (κ2) is 23.6. The van der Waals surface area contributed by atoms with E-state index in [1.165, 1.54) is 7.11 Å². The van der Waals surface area contributed by atoms with Gasteiger partial charge in [-0.2, -0.15) is 10.2 Å². The zero-order valence-corrected chi connectivity index (χ0v) is 40.7. The molecule has 7 aromatic rings. The number of hydrogen-bond acceptors (Lipinski definition) is 15. The van der Waals surface area contributed by atoms with Crippen LogP contribution in [0.5, 0.6) is 11.5 Å². The number of ether oxygens (including phenoxy) is 5. The molecule has 0 fully saturated rings. The molecule has 3 amide bonds. The number of carbonyl (C=O) groups excluding carboxylic acids is 5. The number of Topliss-reactive ketones (excluding diaryl/α,β-unsaturated/α-hetero) is 1. The number of hydrogen-bond donors (Lipinski definition) is 3. The summed E-state index contributed by atoms with van der Waals surface area (Å²) in [5, 5.41) is 15.9. The van der Waals surface area contributed by atoms with Gasteiger partial charge in [0.05, 0.1) is 42.2 Å². The minimum absolute atomic E-state index is 0.00298. The van der Waals surface area contributed by atoms with Crippen LogP contribution in [0.4, 0.5) is 10.7 Å². The van der Waals surface area contributed by atoms with Crippen molar-refractivity contribution >= 4 is 68.9 Å². The van der Waals surface area contributed by atoms with E-state index in [4.69, 9.17) is 44.4 Å². The third-order valence-corrected chi connectivity index (χ3v) is 11.3. The van der Waals surface area contributed by atoms with Crippen LogP contribution in [0.1, 0.15) is 75.7 Å². The molecule has 71 heavy (non-hydrogen) atoms. The maximum absolute atomic E-state index is 13.9. The van der Waals surface area contributed by atoms with Crippen molar-refractivity contribution in [2.75, 3.05) is 59.1 Å². The minimum Gasteiger partial charge on any atom is -0.491 e. The molecule has 7 rings (SSSR count). The molecule has 0 spiro atoms. The van der Waals surface area contributed by atoms with Gasteiger partial charge in [-0.15, -0.1) is 0 Å². The number of nitrogens with zero attached hydrogens (tertiary/aromatic N) is 9. The summed E-state index contributed by atoms with van der Waals surface area (Å²) in [6.45, 7) is 9.97. The number of aryl methyl sites for hydroxylation is 4. The van der Waals surface area contributed by atoms with Crippen LogP contribution in [0.25, 0.3) is 44.5 Å². The van der Waals surface area contributed by atoms with Gasteiger partial charge in [0, 0.05) is 101 Å². The van der Waals surface area contributed by atoms with Crippen LogP contribution in [0.3, 0.4) is 0 Å². The van der Waals surface area contributed by atoms with Gasteiger partial charge in [-0.05, 0) is 64.1 Å². The molecule has 0 atom stereocenters. The number of aromatic nitrogens is 9. The van der Waals surface area contributed by atoms with Crippen molar-refractivity contribution in [3.8, 4) is 23.0 Å². The van der Waals surface area contributed by atoms with Gasteiger partial charge in [0.25, 0.3) is 5.91 Å². The number of imidazole rings is 1. The van der Waals surface area contributed by atoms with Crippen molar-refractivity contribution in [1.29, 1.82) is 0 Å². The molecule has 374 valence electrons. The highest BCUT2D eigenvalue weighted by Crippen LogP contribution is 2.37. The molecule has 5 aromatic heterocycles. The van der Waals surface area contributed by atoms with E-state index in [1.54, 1.807) is 59.8 Å². The highest BCUT2D eigenvalue weighted by molar-refractivity contribution is 6.12. The van der Waals surface area contributed by atoms with Gasteiger partial charge in [0.15, 0.2) is 11.6 Å². The fourth-order valence-corrected chi connectivity index (χ4v) is 8.06. The van der Waals surface area contributed by atoms with Gasteiger partial charge in [0.2, 0.25) is 11.9 Å². The topological polar surface area (TPSA) is 266 Å². The molecule has 0 aliphatic rings. The predicted molar refractivity (Wildman–Crippen MR) is 263 cm³/mol. The summed E-state index contributed by atoms with van der Waals surface area (Å²) in [6.07, 6.45) is 6.53. The van der Waals surface area contributed by atoms with E-state index in [9.17, 15) is 24.0 Å². The number of primary amides is 1. The Balaban J connectivity index is 1.24. The van der Waals surface area contributed by atoms with Crippen molar-refractivity contribution in [3.05, 3.63) is 83.0 Å². The molecule has 0 saturated carbocycles. The number of allylic oxidation sites excluding steroid dienone is 2. The van der Waals surface area contributed by atoms with Gasteiger partial charge in [0.1, 0.15) is 46.9 Å². The summed E-state index contributed by atoms with van der Waals surface area (Å²) < 4.78 is 35.1. The molecule has 0 saturated heterocycles. The van der Waals surface area contributed by atoms with Gasteiger partial charge < -0.3 is 43.9 Å². The monoisotopic (exact) mass is 974 g/mol. The van der Waals surface area contributed by atoms with Crippen molar-refractivity contribution in [1.82, 2.24) is 49.0 Å². The van der Waals surface area contributed by atoms with E-state index < -0.39 is 17.9 Å². The fraction of sp³-hybridized carbons (Fsp3) is 0.388. The lowest BCUT2D eigenvalue weighted by atomic mass is 10.1. The van der Waals surface area contributed by atoms with E-state index >= 15 is 0 Å². The molecule has 0 unspecified atom stereocenters. The third kappa shape index (κ3) is 11.9. The molecule has 22 heteroatoms. The van der Waals surface area contributed by atoms with Crippen molar-refractivity contribution in [2.45, 2.75) is 73.1 Å². The molecular formula is C49H58N12O10. The zero-order chi connectivity index (χ0) is 50.6. The Kier molecular flexibility index (Phi) is 16.9. The Bertz CT molecular complexity index is 3110. The van der Waals surface area contributed by atoms with Gasteiger partial charge in [-0.1, -0.05) is 12.2 Å². The molecule has 0 bridgehead atoms. The number of aldehydes is 1. The lowest BCUT2D eigenvalue weighted by molar-refractivity contribution is -0.122. The molecule has 2 aromatic carbocycles. The minimum atomic E-state index is -0.681. The molecule has 0 aliphatic heterocycles. The van der Waals surface area contributed by atoms with E-state index in [0.29, 0.717) is 101 Å². The maximum Gasteiger partial charge on any atom is 0.407 e. The number of rotatable bonds is 26. The average molecular weight is 975 g/mol. The molecular weight excluding hydrogens is 917 g/mol. The molecule has 5 heterocycles. The number of benzene rings is 2. The van der Waals surface area contributed by atoms with Gasteiger partial charge in [-0.25, -0.2) is 19.7 Å². The van der Waals surface area contributed by atoms with Gasteiger partial charge in [-0.3, -0.25) is 33.9 Å². The SMILES string of the molecule is CCn1nc(C)cc1C(=O)Nc1nc2cc(C=O)cc(OCCCOC(=O)NCCC(=O)COC)c2n1C/C=C/Cn1c2nc(-c3cc(C)nn3CC)ncc2c2cc(C(N)=O)cc(OCCCOC)c21. The zero-order valence-electron chi connectivity index (χ0n) is 40.7. The van der Waals surface area contributed by atoms with Crippen LogP contribution in [-0.4, -0.2) is 127 Å². The van der Waals surface area contributed by atoms with E-state index in [1.807, 2.05) is 48.2 Å². The largest absolute Gasteiger partial charge is 0.491 e. The highest BCUT2D eigenvalue weighted by atomic mass is 16.5. The quantitative estimate of drug-likeness (QED) is 0.0339. The third-order valence-electron chi connectivity index (χ3n) is 11.3. The Morgan fingerprint density at radius 2 is 1.48 bits per heavy atom. The Labute approximate surface area is 408 Å². The Morgan fingerprint density at radius 3 is 2.18 bits per heavy atom. The first-order valence-electron chi connectivity index (χ1n) is 23.2. The number of alkyl carbamates (subject to hydrolysis) is 1. The predicted octanol–water partition coefficient (Wildman–Crippen LogP) is 5.59. The van der Waals surface area contributed by atoms with Crippen LogP contribution in [-0.2, 0) is 45.2 Å². The maximum atomic E-state index is 13.9. The number of fused-ring (bicyclic) bond motifs is 4. The average Bonchev–Trinajstić information content (AvgIpc) is 4.12. The van der Waals surface area contributed by atoms with Crippen molar-refractivity contribution < 1.29 is 47.7 Å². The van der Waals surface area contributed by atoms with Gasteiger partial charge >= 0.3 is 6.09 Å². The van der Waals surface area contributed by atoms with Crippen LogP contribution >= 0.6 is 0 Å². The Morgan fingerprint density at radius 1 is 0.775 bits per heavy atom. The van der Waals surface area contributed by atoms with Crippen LogP contribution in [0.2, 0.25) is 0 Å². The number of amides is 3. The summed E-state index contributed by atoms with van der Waals surface area (Å²) in [7, 11) is 3.04. The van der Waals surface area contributed by atoms with Crippen molar-refractivity contribution in [3.63, 3.8) is 0 Å². The first kappa shape index (κ1) is 50.9. The van der Waals surface area contributed by atoms with E-state index in [2.05, 4.69) is 20.8 Å². The number of nitrogens with one attached hydrogen (secondary N) is 2. The van der Waals surface area contributed by atoms with E-state index in [-0.39, 0.29) is 75.2 Å². The lowest BCUT2D eigenvalue weighted by Gasteiger charge is -2.13. The fourth-order valence-electron chi connectivity index (χ4n) is 8.06. The number of nitrogens with two attached hydrogens (primary N) is 1. The molecule has 22 nitrogen and oxygen atoms in total. The van der Waals surface area contributed by atoms with Crippen LogP contribution < -0.4 is 25.8 Å². The summed E-state index contributed by atoms with van der Waals surface area (Å²) in [5.74, 6) is 0.140. The number of anilines is 1. The second-order valence-corrected chi connectivity index (χ2v) is 16.4. The normalized spacial score (nSPS) is 11.5. The standard InChI is InChI=1S/C49H58N12O10/c1-7-60-38(21-30(3)56-60)45-52-27-36-35-25-33(44(50)64)26-41(70-18-11-17-67-5)42(35)58(46(36)54-45)15-9-10-16-59-43-37(53-48(59)55-47(65)39-22-31(4)57-61(39)8-2)23-32(28-62)24-40(43)69-19-12-20-71-49(66)51-14-13-34(63)29-68-6/h9-10,21-28H,7-8,11-20,29H2,1-6H3,(H2,50,64)(H,51,66)(H,53,55,65)/b10-9+. The first-order valence-corrected chi connectivity index (χ1v) is 23.2. The first-order chi connectivity index (χ1) is 34.4. The molecule has 4 N–H and O–H groups in total. The number of ketones is 1. The highest BCUT2D eigenvalue weighted by Gasteiger charge is 2.23. The lowest BCUT2D eigenvalue weighted by Crippen LogP contribution is -2.28. The Hall–Kier alpha value is -7.98. The van der Waals surface area contributed by atoms with E-state index in [0.717, 1.165) is 11.4 Å². The summed E-state index contributed by atoms with van der Waals surface area (Å²) >= 11 is 0. The van der Waals surface area contributed by atoms with Crippen molar-refractivity contribution in [2.24, 2.45) is 5.73 Å². The number of methoxy groups -OCH3 is 2. The summed E-state index contributed by atoms with van der Waals surface area (Å²) in [4.78, 5) is 77.4. The van der Waals surface area contributed by atoms with Crippen LogP contribution in [0.15, 0.2) is 54.7 Å². The van der Waals surface area contributed by atoms with Crippen LogP contribution in [0, 0.1) is 13.8 Å². The smallest absolute Gasteiger partial charge is 0.407 e.